The zero-order chi connectivity index (χ0) is 17.2. The van der Waals surface area contributed by atoms with Crippen LogP contribution < -0.4 is 0 Å². The van der Waals surface area contributed by atoms with E-state index in [-0.39, 0.29) is 11.5 Å². The SMILES string of the molecule is Cc1[nH]ncc1-c1nc2ccc3[nH]ncc3c2c2c1CS(=O)(=O)CC2. The number of benzene rings is 1. The smallest absolute Gasteiger partial charge is 0.154 e. The van der Waals surface area contributed by atoms with E-state index in [4.69, 9.17) is 4.98 Å². The molecule has 0 amide bonds. The summed E-state index contributed by atoms with van der Waals surface area (Å²) in [6, 6.07) is 3.91. The van der Waals surface area contributed by atoms with Crippen LogP contribution in [-0.2, 0) is 22.0 Å². The first-order chi connectivity index (χ1) is 12.0. The molecule has 126 valence electrons. The van der Waals surface area contributed by atoms with Crippen LogP contribution in [0.25, 0.3) is 33.1 Å². The van der Waals surface area contributed by atoms with E-state index < -0.39 is 9.84 Å². The molecule has 0 atom stereocenters. The third kappa shape index (κ3) is 2.10. The van der Waals surface area contributed by atoms with Gasteiger partial charge in [-0.1, -0.05) is 0 Å². The summed E-state index contributed by atoms with van der Waals surface area (Å²) in [5.74, 6) is 0.177. The Balaban J connectivity index is 1.95. The largest absolute Gasteiger partial charge is 0.282 e. The molecule has 0 fully saturated rings. The van der Waals surface area contributed by atoms with Crippen LogP contribution in [-0.4, -0.2) is 39.5 Å². The molecule has 0 saturated carbocycles. The molecule has 1 aliphatic rings. The van der Waals surface area contributed by atoms with Crippen LogP contribution in [0.4, 0.5) is 0 Å². The monoisotopic (exact) mass is 353 g/mol. The predicted octanol–water partition coefficient (Wildman–Crippen LogP) is 2.28. The van der Waals surface area contributed by atoms with E-state index in [9.17, 15) is 8.42 Å². The van der Waals surface area contributed by atoms with E-state index in [0.717, 1.165) is 44.2 Å². The van der Waals surface area contributed by atoms with Gasteiger partial charge in [-0.2, -0.15) is 10.2 Å². The third-order valence-corrected chi connectivity index (χ3v) is 6.45. The Kier molecular flexibility index (Phi) is 2.85. The summed E-state index contributed by atoms with van der Waals surface area (Å²) in [6.45, 7) is 1.91. The Bertz CT molecular complexity index is 1250. The number of pyridine rings is 1. The second kappa shape index (κ2) is 4.89. The number of sulfone groups is 1. The maximum absolute atomic E-state index is 12.3. The Morgan fingerprint density at radius 1 is 1.08 bits per heavy atom. The lowest BCUT2D eigenvalue weighted by molar-refractivity contribution is 0.592. The van der Waals surface area contributed by atoms with Crippen LogP contribution in [0, 0.1) is 6.92 Å². The van der Waals surface area contributed by atoms with Crippen LogP contribution in [0.15, 0.2) is 24.5 Å². The first kappa shape index (κ1) is 14.6. The molecule has 0 spiro atoms. The second-order valence-electron chi connectivity index (χ2n) is 6.46. The molecule has 4 aromatic rings. The minimum absolute atomic E-state index is 0.0134. The molecule has 7 nitrogen and oxygen atoms in total. The number of aromatic nitrogens is 5. The average Bonchev–Trinajstić information content (AvgIpc) is 3.21. The average molecular weight is 353 g/mol. The van der Waals surface area contributed by atoms with Crippen molar-refractivity contribution in [2.24, 2.45) is 0 Å². The van der Waals surface area contributed by atoms with Crippen molar-refractivity contribution in [1.29, 1.82) is 0 Å². The topological polar surface area (TPSA) is 104 Å². The van der Waals surface area contributed by atoms with E-state index in [1.54, 1.807) is 12.4 Å². The molecule has 0 saturated heterocycles. The number of nitrogens with one attached hydrogen (secondary N) is 2. The van der Waals surface area contributed by atoms with Gasteiger partial charge in [-0.05, 0) is 36.6 Å². The van der Waals surface area contributed by atoms with Gasteiger partial charge >= 0.3 is 0 Å². The Morgan fingerprint density at radius 2 is 1.92 bits per heavy atom. The van der Waals surface area contributed by atoms with Crippen molar-refractivity contribution in [3.8, 4) is 11.3 Å². The van der Waals surface area contributed by atoms with Crippen molar-refractivity contribution in [2.45, 2.75) is 19.1 Å². The number of nitrogens with zero attached hydrogens (tertiary/aromatic N) is 3. The molecular weight excluding hydrogens is 338 g/mol. The van der Waals surface area contributed by atoms with E-state index in [1.807, 2.05) is 19.1 Å². The normalized spacial score (nSPS) is 16.4. The first-order valence-electron chi connectivity index (χ1n) is 8.02. The molecule has 25 heavy (non-hydrogen) atoms. The standard InChI is InChI=1S/C17H15N5O2S/c1-9-11(6-18-21-9)17-13-8-25(23,24)5-4-10(13)16-12-7-19-22-14(12)2-3-15(16)20-17/h2-3,6-7H,4-5,8H2,1H3,(H,18,21)(H,19,22). The fourth-order valence-electron chi connectivity index (χ4n) is 3.69. The fourth-order valence-corrected chi connectivity index (χ4v) is 5.10. The number of rotatable bonds is 1. The Morgan fingerprint density at radius 3 is 2.72 bits per heavy atom. The summed E-state index contributed by atoms with van der Waals surface area (Å²) in [5.41, 5.74) is 6.06. The summed E-state index contributed by atoms with van der Waals surface area (Å²) in [4.78, 5) is 4.82. The van der Waals surface area contributed by atoms with E-state index in [0.29, 0.717) is 12.1 Å². The maximum atomic E-state index is 12.3. The first-order valence-corrected chi connectivity index (χ1v) is 9.84. The van der Waals surface area contributed by atoms with Gasteiger partial charge in [0.1, 0.15) is 0 Å². The maximum Gasteiger partial charge on any atom is 0.154 e. The van der Waals surface area contributed by atoms with Crippen molar-refractivity contribution < 1.29 is 8.42 Å². The summed E-state index contributed by atoms with van der Waals surface area (Å²) in [5, 5.41) is 16.1. The van der Waals surface area contributed by atoms with Gasteiger partial charge in [-0.25, -0.2) is 13.4 Å². The highest BCUT2D eigenvalue weighted by atomic mass is 32.2. The summed E-state index contributed by atoms with van der Waals surface area (Å²) in [6.07, 6.45) is 3.98. The van der Waals surface area contributed by atoms with Gasteiger partial charge < -0.3 is 0 Å². The van der Waals surface area contributed by atoms with E-state index >= 15 is 0 Å². The van der Waals surface area contributed by atoms with Crippen LogP contribution in [0.5, 0.6) is 0 Å². The molecule has 5 rings (SSSR count). The van der Waals surface area contributed by atoms with Crippen LogP contribution in [0.3, 0.4) is 0 Å². The molecule has 1 aromatic carbocycles. The lowest BCUT2D eigenvalue weighted by Crippen LogP contribution is -2.20. The van der Waals surface area contributed by atoms with Crippen molar-refractivity contribution >= 4 is 31.6 Å². The highest BCUT2D eigenvalue weighted by Crippen LogP contribution is 2.37. The quantitative estimate of drug-likeness (QED) is 0.546. The zero-order valence-electron chi connectivity index (χ0n) is 13.5. The van der Waals surface area contributed by atoms with Gasteiger partial charge in [0.05, 0.1) is 40.6 Å². The van der Waals surface area contributed by atoms with E-state index in [2.05, 4.69) is 20.4 Å². The molecule has 0 aliphatic carbocycles. The third-order valence-electron chi connectivity index (χ3n) is 4.90. The van der Waals surface area contributed by atoms with Gasteiger partial charge in [-0.3, -0.25) is 10.2 Å². The number of fused-ring (bicyclic) bond motifs is 5. The minimum atomic E-state index is -3.13. The molecule has 0 radical (unpaired) electrons. The number of hydrogen-bond donors (Lipinski definition) is 2. The van der Waals surface area contributed by atoms with Gasteiger partial charge in [0.25, 0.3) is 0 Å². The number of hydrogen-bond acceptors (Lipinski definition) is 5. The number of H-pyrrole nitrogens is 2. The molecule has 1 aliphatic heterocycles. The fraction of sp³-hybridized carbons (Fsp3) is 0.235. The van der Waals surface area contributed by atoms with Crippen molar-refractivity contribution in [2.75, 3.05) is 5.75 Å². The Labute approximate surface area is 143 Å². The second-order valence-corrected chi connectivity index (χ2v) is 8.64. The highest BCUT2D eigenvalue weighted by Gasteiger charge is 2.28. The summed E-state index contributed by atoms with van der Waals surface area (Å²) >= 11 is 0. The predicted molar refractivity (Wildman–Crippen MR) is 94.9 cm³/mol. The molecular formula is C17H15N5O2S. The van der Waals surface area contributed by atoms with Gasteiger partial charge in [0.15, 0.2) is 9.84 Å². The van der Waals surface area contributed by atoms with Crippen molar-refractivity contribution in [1.82, 2.24) is 25.4 Å². The van der Waals surface area contributed by atoms with Crippen molar-refractivity contribution in [3.63, 3.8) is 0 Å². The lowest BCUT2D eigenvalue weighted by Gasteiger charge is -2.21. The van der Waals surface area contributed by atoms with Crippen LogP contribution in [0.2, 0.25) is 0 Å². The molecule has 3 aromatic heterocycles. The molecule has 8 heteroatoms. The number of aryl methyl sites for hydroxylation is 2. The van der Waals surface area contributed by atoms with Gasteiger partial charge in [0.2, 0.25) is 0 Å². The van der Waals surface area contributed by atoms with Crippen LogP contribution in [0.1, 0.15) is 16.8 Å². The minimum Gasteiger partial charge on any atom is -0.282 e. The molecule has 2 N–H and O–H groups in total. The highest BCUT2D eigenvalue weighted by molar-refractivity contribution is 7.90. The number of aromatic amines is 2. The van der Waals surface area contributed by atoms with Crippen LogP contribution >= 0.6 is 0 Å². The van der Waals surface area contributed by atoms with Gasteiger partial charge in [0, 0.05) is 22.0 Å². The summed E-state index contributed by atoms with van der Waals surface area (Å²) < 4.78 is 24.6. The molecule has 4 heterocycles. The Hall–Kier alpha value is -2.74. The lowest BCUT2D eigenvalue weighted by atomic mass is 9.94. The van der Waals surface area contributed by atoms with Gasteiger partial charge in [-0.15, -0.1) is 0 Å². The zero-order valence-corrected chi connectivity index (χ0v) is 14.3. The van der Waals surface area contributed by atoms with E-state index in [1.165, 1.54) is 0 Å². The molecule has 0 bridgehead atoms. The summed E-state index contributed by atoms with van der Waals surface area (Å²) in [7, 11) is -3.13. The van der Waals surface area contributed by atoms with Crippen molar-refractivity contribution in [3.05, 3.63) is 41.3 Å². The molecule has 0 unspecified atom stereocenters.